The normalized spacial score (nSPS) is 21.2. The molecule has 2 rings (SSSR count). The summed E-state index contributed by atoms with van der Waals surface area (Å²) in [5.74, 6) is -0.642. The van der Waals surface area contributed by atoms with Crippen LogP contribution in [0.5, 0.6) is 11.5 Å². The summed E-state index contributed by atoms with van der Waals surface area (Å²) in [5, 5.41) is 18.8. The Hall–Kier alpha value is -1.75. The van der Waals surface area contributed by atoms with Crippen LogP contribution in [0, 0.1) is 0 Å². The number of rotatable bonds is 2. The zero-order chi connectivity index (χ0) is 14.0. The van der Waals surface area contributed by atoms with Crippen LogP contribution in [-0.4, -0.2) is 39.6 Å². The highest BCUT2D eigenvalue weighted by molar-refractivity contribution is 5.95. The monoisotopic (exact) mass is 264 g/mol. The predicted octanol–water partition coefficient (Wildman–Crippen LogP) is 1.44. The molecule has 1 aromatic carbocycles. The topological polar surface area (TPSA) is 86.8 Å². The Morgan fingerprint density at radius 1 is 1.37 bits per heavy atom. The van der Waals surface area contributed by atoms with Crippen LogP contribution >= 0.6 is 0 Å². The first-order valence-electron chi connectivity index (χ1n) is 6.59. The van der Waals surface area contributed by atoms with Crippen LogP contribution in [0.15, 0.2) is 18.2 Å². The van der Waals surface area contributed by atoms with Gasteiger partial charge in [0.15, 0.2) is 11.5 Å². The van der Waals surface area contributed by atoms with Crippen molar-refractivity contribution in [2.24, 2.45) is 5.73 Å². The van der Waals surface area contributed by atoms with Gasteiger partial charge in [0.25, 0.3) is 5.91 Å². The molecule has 5 heteroatoms. The van der Waals surface area contributed by atoms with Gasteiger partial charge in [0.2, 0.25) is 0 Å². The number of piperidine rings is 1. The minimum absolute atomic E-state index is 0.0391. The predicted molar refractivity (Wildman–Crippen MR) is 72.1 cm³/mol. The quantitative estimate of drug-likeness (QED) is 0.705. The summed E-state index contributed by atoms with van der Waals surface area (Å²) in [4.78, 5) is 14.2. The van der Waals surface area contributed by atoms with Gasteiger partial charge >= 0.3 is 0 Å². The lowest BCUT2D eigenvalue weighted by molar-refractivity contribution is 0.0583. The van der Waals surface area contributed by atoms with Gasteiger partial charge in [-0.1, -0.05) is 0 Å². The van der Waals surface area contributed by atoms with Crippen LogP contribution in [0.1, 0.15) is 36.5 Å². The van der Waals surface area contributed by atoms with E-state index in [4.69, 9.17) is 5.73 Å². The van der Waals surface area contributed by atoms with E-state index < -0.39 is 0 Å². The van der Waals surface area contributed by atoms with Gasteiger partial charge < -0.3 is 20.8 Å². The fourth-order valence-electron chi connectivity index (χ4n) is 2.58. The van der Waals surface area contributed by atoms with Crippen molar-refractivity contribution in [1.29, 1.82) is 0 Å². The highest BCUT2D eigenvalue weighted by Crippen LogP contribution is 2.27. The largest absolute Gasteiger partial charge is 0.504 e. The number of aromatic hydroxyl groups is 2. The van der Waals surface area contributed by atoms with Crippen LogP contribution in [-0.2, 0) is 0 Å². The molecule has 0 aliphatic carbocycles. The summed E-state index contributed by atoms with van der Waals surface area (Å²) in [6.45, 7) is 2.59. The number of likely N-dealkylation sites (tertiary alicyclic amines) is 1. The maximum atomic E-state index is 12.5. The van der Waals surface area contributed by atoms with Crippen molar-refractivity contribution in [3.05, 3.63) is 23.8 Å². The number of nitrogens with zero attached hydrogens (tertiary/aromatic N) is 1. The maximum Gasteiger partial charge on any atom is 0.254 e. The Bertz CT molecular complexity index is 474. The van der Waals surface area contributed by atoms with Gasteiger partial charge in [0, 0.05) is 24.2 Å². The molecule has 1 saturated heterocycles. The first-order valence-corrected chi connectivity index (χ1v) is 6.59. The number of hydrogen-bond acceptors (Lipinski definition) is 4. The molecule has 0 bridgehead atoms. The van der Waals surface area contributed by atoms with Crippen molar-refractivity contribution in [3.63, 3.8) is 0 Å². The second-order valence-electron chi connectivity index (χ2n) is 5.12. The Labute approximate surface area is 112 Å². The molecule has 5 nitrogen and oxygen atoms in total. The fourth-order valence-corrected chi connectivity index (χ4v) is 2.58. The van der Waals surface area contributed by atoms with E-state index in [0.29, 0.717) is 12.1 Å². The Morgan fingerprint density at radius 2 is 2.11 bits per heavy atom. The molecule has 19 heavy (non-hydrogen) atoms. The number of amides is 1. The second-order valence-corrected chi connectivity index (χ2v) is 5.12. The molecule has 1 aromatic rings. The molecule has 1 amide bonds. The van der Waals surface area contributed by atoms with Crippen LogP contribution in [0.4, 0.5) is 0 Å². The van der Waals surface area contributed by atoms with Crippen molar-refractivity contribution in [2.45, 2.75) is 38.3 Å². The fraction of sp³-hybridized carbons (Fsp3) is 0.500. The smallest absolute Gasteiger partial charge is 0.254 e. The molecule has 2 unspecified atom stereocenters. The van der Waals surface area contributed by atoms with Gasteiger partial charge in [0.05, 0.1) is 0 Å². The zero-order valence-corrected chi connectivity index (χ0v) is 11.0. The van der Waals surface area contributed by atoms with E-state index in [2.05, 4.69) is 0 Å². The molecular weight excluding hydrogens is 244 g/mol. The van der Waals surface area contributed by atoms with Crippen LogP contribution in [0.3, 0.4) is 0 Å². The van der Waals surface area contributed by atoms with E-state index in [1.54, 1.807) is 4.90 Å². The maximum absolute atomic E-state index is 12.5. The molecule has 1 fully saturated rings. The van der Waals surface area contributed by atoms with Crippen molar-refractivity contribution in [3.8, 4) is 11.5 Å². The van der Waals surface area contributed by atoms with Gasteiger partial charge in [-0.25, -0.2) is 0 Å². The summed E-state index contributed by atoms with van der Waals surface area (Å²) < 4.78 is 0. The number of carbonyl (C=O) groups is 1. The van der Waals surface area contributed by atoms with Crippen molar-refractivity contribution in [1.82, 2.24) is 4.90 Å². The van der Waals surface area contributed by atoms with E-state index in [1.807, 2.05) is 6.92 Å². The summed E-state index contributed by atoms with van der Waals surface area (Å²) in [5.41, 5.74) is 6.32. The summed E-state index contributed by atoms with van der Waals surface area (Å²) in [7, 11) is 0. The third-order valence-electron chi connectivity index (χ3n) is 3.64. The van der Waals surface area contributed by atoms with E-state index >= 15 is 0 Å². The van der Waals surface area contributed by atoms with Crippen LogP contribution < -0.4 is 5.73 Å². The third-order valence-corrected chi connectivity index (χ3v) is 3.64. The van der Waals surface area contributed by atoms with Gasteiger partial charge in [-0.3, -0.25) is 4.79 Å². The number of phenolic OH excluding ortho intramolecular Hbond substituents is 2. The average Bonchev–Trinajstić information content (AvgIpc) is 2.41. The lowest BCUT2D eigenvalue weighted by Gasteiger charge is -2.38. The van der Waals surface area contributed by atoms with Gasteiger partial charge in [-0.2, -0.15) is 0 Å². The molecule has 1 heterocycles. The lowest BCUT2D eigenvalue weighted by Crippen LogP contribution is -2.51. The minimum atomic E-state index is -0.278. The van der Waals surface area contributed by atoms with Crippen molar-refractivity contribution in [2.75, 3.05) is 6.54 Å². The number of hydrogen-bond donors (Lipinski definition) is 3. The third kappa shape index (κ3) is 2.81. The summed E-state index contributed by atoms with van der Waals surface area (Å²) in [6, 6.07) is 4.11. The van der Waals surface area contributed by atoms with E-state index in [-0.39, 0.29) is 29.5 Å². The zero-order valence-electron chi connectivity index (χ0n) is 11.0. The molecule has 104 valence electrons. The molecule has 4 N–H and O–H groups in total. The minimum Gasteiger partial charge on any atom is -0.504 e. The SMILES string of the molecule is CC(N)C1CCCCN1C(=O)c1ccc(O)c(O)c1. The number of nitrogens with two attached hydrogens (primary N) is 1. The molecule has 1 aliphatic rings. The number of benzene rings is 1. The highest BCUT2D eigenvalue weighted by Gasteiger charge is 2.30. The summed E-state index contributed by atoms with van der Waals surface area (Å²) in [6.07, 6.45) is 2.96. The molecule has 0 aromatic heterocycles. The Morgan fingerprint density at radius 3 is 2.74 bits per heavy atom. The van der Waals surface area contributed by atoms with Crippen LogP contribution in [0.2, 0.25) is 0 Å². The number of carbonyl (C=O) groups excluding carboxylic acids is 1. The first-order chi connectivity index (χ1) is 9.00. The van der Waals surface area contributed by atoms with Crippen molar-refractivity contribution < 1.29 is 15.0 Å². The van der Waals surface area contributed by atoms with Gasteiger partial charge in [-0.15, -0.1) is 0 Å². The Balaban J connectivity index is 2.23. The average molecular weight is 264 g/mol. The first kappa shape index (κ1) is 13.7. The van der Waals surface area contributed by atoms with E-state index in [1.165, 1.54) is 18.2 Å². The lowest BCUT2D eigenvalue weighted by atomic mass is 9.96. The van der Waals surface area contributed by atoms with E-state index in [9.17, 15) is 15.0 Å². The molecule has 2 atom stereocenters. The summed E-state index contributed by atoms with van der Waals surface area (Å²) >= 11 is 0. The standard InChI is InChI=1S/C14H20N2O3/c1-9(15)11-4-2-3-7-16(11)14(19)10-5-6-12(17)13(18)8-10/h5-6,8-9,11,17-18H,2-4,7,15H2,1H3. The second kappa shape index (κ2) is 5.48. The van der Waals surface area contributed by atoms with Crippen molar-refractivity contribution >= 4 is 5.91 Å². The molecule has 1 aliphatic heterocycles. The molecule has 0 saturated carbocycles. The molecule has 0 spiro atoms. The molecular formula is C14H20N2O3. The van der Waals surface area contributed by atoms with Crippen LogP contribution in [0.25, 0.3) is 0 Å². The molecule has 0 radical (unpaired) electrons. The highest BCUT2D eigenvalue weighted by atomic mass is 16.3. The number of phenols is 2. The van der Waals surface area contributed by atoms with Gasteiger partial charge in [0.1, 0.15) is 0 Å². The van der Waals surface area contributed by atoms with Gasteiger partial charge in [-0.05, 0) is 44.4 Å². The van der Waals surface area contributed by atoms with E-state index in [0.717, 1.165) is 19.3 Å². The Kier molecular flexibility index (Phi) is 3.95.